The molecule has 0 aromatic heterocycles. The molecule has 0 N–H and O–H groups in total. The van der Waals surface area contributed by atoms with Gasteiger partial charge >= 0.3 is 0 Å². The number of hydrogen-bond donors (Lipinski definition) is 0. The Labute approximate surface area is 125 Å². The van der Waals surface area contributed by atoms with Crippen molar-refractivity contribution in [1.82, 2.24) is 0 Å². The molecule has 0 heterocycles. The van der Waals surface area contributed by atoms with E-state index in [1.807, 2.05) is 24.3 Å². The molecule has 0 fully saturated rings. The molecule has 0 spiro atoms. The lowest BCUT2D eigenvalue weighted by Gasteiger charge is -2.10. The van der Waals surface area contributed by atoms with E-state index in [1.165, 1.54) is 12.1 Å². The molecule has 0 radical (unpaired) electrons. The minimum Gasteiger partial charge on any atom is -0.497 e. The fourth-order valence-corrected chi connectivity index (χ4v) is 1.93. The summed E-state index contributed by atoms with van der Waals surface area (Å²) < 4.78 is 29.8. The van der Waals surface area contributed by atoms with Gasteiger partial charge in [-0.05, 0) is 52.3 Å². The highest BCUT2D eigenvalue weighted by Crippen LogP contribution is 2.25. The Kier molecular flexibility index (Phi) is 5.24. The van der Waals surface area contributed by atoms with E-state index in [1.54, 1.807) is 13.2 Å². The van der Waals surface area contributed by atoms with Crippen LogP contribution in [0.4, 0.5) is 4.39 Å². The van der Waals surface area contributed by atoms with E-state index < -0.39 is 0 Å². The van der Waals surface area contributed by atoms with Gasteiger partial charge in [0.1, 0.15) is 36.3 Å². The monoisotopic (exact) mass is 340 g/mol. The van der Waals surface area contributed by atoms with E-state index in [-0.39, 0.29) is 5.82 Å². The lowest BCUT2D eigenvalue weighted by molar-refractivity contribution is 0.215. The van der Waals surface area contributed by atoms with Crippen LogP contribution in [0.5, 0.6) is 17.2 Å². The molecule has 0 saturated heterocycles. The number of hydrogen-bond acceptors (Lipinski definition) is 3. The molecule has 0 bridgehead atoms. The lowest BCUT2D eigenvalue weighted by Crippen LogP contribution is -2.09. The number of benzene rings is 2. The molecule has 0 atom stereocenters. The standard InChI is InChI=1S/C15H14BrFO3/c1-18-12-3-5-13(6-4-12)19-8-9-20-15-10-11(17)2-7-14(15)16/h2-7,10H,8-9H2,1H3. The fourth-order valence-electron chi connectivity index (χ4n) is 1.57. The Morgan fingerprint density at radius 2 is 1.60 bits per heavy atom. The van der Waals surface area contributed by atoms with Gasteiger partial charge in [-0.1, -0.05) is 0 Å². The van der Waals surface area contributed by atoms with Crippen LogP contribution >= 0.6 is 15.9 Å². The molecule has 2 aromatic carbocycles. The summed E-state index contributed by atoms with van der Waals surface area (Å²) in [5.41, 5.74) is 0. The second-order valence-corrected chi connectivity index (χ2v) is 4.80. The maximum atomic E-state index is 13.0. The van der Waals surface area contributed by atoms with Gasteiger partial charge in [-0.3, -0.25) is 0 Å². The molecule has 0 aliphatic carbocycles. The largest absolute Gasteiger partial charge is 0.497 e. The van der Waals surface area contributed by atoms with Crippen LogP contribution < -0.4 is 14.2 Å². The Bertz CT molecular complexity index is 558. The first-order valence-corrected chi connectivity index (χ1v) is 6.83. The molecule has 2 rings (SSSR count). The summed E-state index contributed by atoms with van der Waals surface area (Å²) in [5, 5.41) is 0. The van der Waals surface area contributed by atoms with E-state index in [4.69, 9.17) is 14.2 Å². The van der Waals surface area contributed by atoms with Crippen LogP contribution in [-0.2, 0) is 0 Å². The van der Waals surface area contributed by atoms with Gasteiger partial charge in [0.25, 0.3) is 0 Å². The summed E-state index contributed by atoms with van der Waals surface area (Å²) in [6.07, 6.45) is 0. The third-order valence-electron chi connectivity index (χ3n) is 2.56. The highest BCUT2D eigenvalue weighted by atomic mass is 79.9. The third-order valence-corrected chi connectivity index (χ3v) is 3.22. The van der Waals surface area contributed by atoms with Crippen molar-refractivity contribution in [2.75, 3.05) is 20.3 Å². The van der Waals surface area contributed by atoms with Gasteiger partial charge in [0.05, 0.1) is 11.6 Å². The first-order valence-electron chi connectivity index (χ1n) is 6.04. The molecule has 3 nitrogen and oxygen atoms in total. The highest BCUT2D eigenvalue weighted by molar-refractivity contribution is 9.10. The molecule has 0 saturated carbocycles. The van der Waals surface area contributed by atoms with Crippen molar-refractivity contribution in [3.63, 3.8) is 0 Å². The van der Waals surface area contributed by atoms with Crippen molar-refractivity contribution < 1.29 is 18.6 Å². The van der Waals surface area contributed by atoms with Crippen LogP contribution in [0.25, 0.3) is 0 Å². The van der Waals surface area contributed by atoms with Gasteiger partial charge < -0.3 is 14.2 Å². The quantitative estimate of drug-likeness (QED) is 0.742. The first kappa shape index (κ1) is 14.7. The Balaban J connectivity index is 1.79. The second-order valence-electron chi connectivity index (χ2n) is 3.95. The maximum Gasteiger partial charge on any atom is 0.136 e. The zero-order valence-corrected chi connectivity index (χ0v) is 12.5. The van der Waals surface area contributed by atoms with E-state index in [2.05, 4.69) is 15.9 Å². The van der Waals surface area contributed by atoms with Gasteiger partial charge in [0.15, 0.2) is 0 Å². The number of ether oxygens (including phenoxy) is 3. The molecule has 0 amide bonds. The molecule has 0 aliphatic rings. The first-order chi connectivity index (χ1) is 9.69. The number of halogens is 2. The van der Waals surface area contributed by atoms with Crippen LogP contribution in [0.2, 0.25) is 0 Å². The highest BCUT2D eigenvalue weighted by Gasteiger charge is 2.03. The maximum absolute atomic E-state index is 13.0. The predicted molar refractivity (Wildman–Crippen MR) is 78.1 cm³/mol. The van der Waals surface area contributed by atoms with Gasteiger partial charge in [-0.2, -0.15) is 0 Å². The Morgan fingerprint density at radius 3 is 2.30 bits per heavy atom. The van der Waals surface area contributed by atoms with Crippen LogP contribution in [0.3, 0.4) is 0 Å². The average Bonchev–Trinajstić information content (AvgIpc) is 2.47. The van der Waals surface area contributed by atoms with Crippen LogP contribution in [-0.4, -0.2) is 20.3 Å². The molecule has 0 aliphatic heterocycles. The Hall–Kier alpha value is -1.75. The van der Waals surface area contributed by atoms with Gasteiger partial charge in [0.2, 0.25) is 0 Å². The second kappa shape index (κ2) is 7.14. The molecular weight excluding hydrogens is 327 g/mol. The Morgan fingerprint density at radius 1 is 0.950 bits per heavy atom. The third kappa shape index (κ3) is 4.13. The van der Waals surface area contributed by atoms with Crippen molar-refractivity contribution in [1.29, 1.82) is 0 Å². The molecule has 5 heteroatoms. The summed E-state index contributed by atoms with van der Waals surface area (Å²) in [6, 6.07) is 11.6. The summed E-state index contributed by atoms with van der Waals surface area (Å²) in [4.78, 5) is 0. The fraction of sp³-hybridized carbons (Fsp3) is 0.200. The van der Waals surface area contributed by atoms with Crippen LogP contribution in [0, 0.1) is 5.82 Å². The van der Waals surface area contributed by atoms with Crippen molar-refractivity contribution in [3.8, 4) is 17.2 Å². The van der Waals surface area contributed by atoms with Crippen molar-refractivity contribution >= 4 is 15.9 Å². The van der Waals surface area contributed by atoms with E-state index in [9.17, 15) is 4.39 Å². The normalized spacial score (nSPS) is 10.2. The van der Waals surface area contributed by atoms with Crippen molar-refractivity contribution in [3.05, 3.63) is 52.8 Å². The minimum absolute atomic E-state index is 0.327. The van der Waals surface area contributed by atoms with Gasteiger partial charge in [-0.15, -0.1) is 0 Å². The topological polar surface area (TPSA) is 27.7 Å². The molecule has 0 unspecified atom stereocenters. The van der Waals surface area contributed by atoms with E-state index >= 15 is 0 Å². The summed E-state index contributed by atoms with van der Waals surface area (Å²) in [5.74, 6) is 1.63. The van der Waals surface area contributed by atoms with Gasteiger partial charge in [0, 0.05) is 6.07 Å². The number of rotatable bonds is 6. The summed E-state index contributed by atoms with van der Waals surface area (Å²) in [6.45, 7) is 0.698. The predicted octanol–water partition coefficient (Wildman–Crippen LogP) is 4.05. The zero-order chi connectivity index (χ0) is 14.4. The average molecular weight is 341 g/mol. The minimum atomic E-state index is -0.334. The molecule has 106 valence electrons. The van der Waals surface area contributed by atoms with Gasteiger partial charge in [-0.25, -0.2) is 4.39 Å². The van der Waals surface area contributed by atoms with Crippen molar-refractivity contribution in [2.45, 2.75) is 0 Å². The molecule has 2 aromatic rings. The number of methoxy groups -OCH3 is 1. The van der Waals surface area contributed by atoms with Crippen molar-refractivity contribution in [2.24, 2.45) is 0 Å². The SMILES string of the molecule is COc1ccc(OCCOc2cc(F)ccc2Br)cc1. The molecule has 20 heavy (non-hydrogen) atoms. The van der Waals surface area contributed by atoms with E-state index in [0.29, 0.717) is 23.4 Å². The molecular formula is C15H14BrFO3. The summed E-state index contributed by atoms with van der Waals surface area (Å²) >= 11 is 3.30. The lowest BCUT2D eigenvalue weighted by atomic mass is 10.3. The smallest absolute Gasteiger partial charge is 0.136 e. The zero-order valence-electron chi connectivity index (χ0n) is 10.9. The van der Waals surface area contributed by atoms with Crippen LogP contribution in [0.1, 0.15) is 0 Å². The van der Waals surface area contributed by atoms with Crippen LogP contribution in [0.15, 0.2) is 46.9 Å². The summed E-state index contributed by atoms with van der Waals surface area (Å²) in [7, 11) is 1.61. The van der Waals surface area contributed by atoms with E-state index in [0.717, 1.165) is 11.5 Å².